The van der Waals surface area contributed by atoms with Crippen LogP contribution in [-0.4, -0.2) is 41.5 Å². The maximum atomic E-state index is 11.4. The van der Waals surface area contributed by atoms with E-state index in [2.05, 4.69) is 10.5 Å². The largest absolute Gasteiger partial charge is 0.409 e. The summed E-state index contributed by atoms with van der Waals surface area (Å²) in [6.45, 7) is 1.43. The minimum absolute atomic E-state index is 0.106. The van der Waals surface area contributed by atoms with E-state index in [0.717, 1.165) is 18.5 Å². The Kier molecular flexibility index (Phi) is 4.57. The number of piperidine rings is 1. The lowest BCUT2D eigenvalue weighted by atomic mass is 10.0. The van der Waals surface area contributed by atoms with E-state index < -0.39 is 0 Å². The summed E-state index contributed by atoms with van der Waals surface area (Å²) >= 11 is 0. The van der Waals surface area contributed by atoms with Crippen molar-refractivity contribution < 1.29 is 10.0 Å². The highest BCUT2D eigenvalue weighted by molar-refractivity contribution is 5.97. The lowest BCUT2D eigenvalue weighted by Crippen LogP contribution is -2.46. The summed E-state index contributed by atoms with van der Waals surface area (Å²) in [4.78, 5) is 13.2. The van der Waals surface area contributed by atoms with Gasteiger partial charge in [-0.3, -0.25) is 4.79 Å². The van der Waals surface area contributed by atoms with Gasteiger partial charge in [0.25, 0.3) is 0 Å². The van der Waals surface area contributed by atoms with Crippen molar-refractivity contribution in [2.45, 2.75) is 25.4 Å². The maximum absolute atomic E-state index is 11.4. The number of likely N-dealkylation sites (N-methyl/N-ethyl adjacent to an activating group) is 1. The third-order valence-electron chi connectivity index (χ3n) is 3.55. The number of carbonyl (C=O) groups is 1. The van der Waals surface area contributed by atoms with Crippen LogP contribution >= 0.6 is 0 Å². The van der Waals surface area contributed by atoms with Gasteiger partial charge in [0.1, 0.15) is 0 Å². The number of oxime groups is 1. The molecule has 1 unspecified atom stereocenters. The third kappa shape index (κ3) is 3.48. The number of hydrogen-bond donors (Lipinski definition) is 3. The molecule has 1 fully saturated rings. The van der Waals surface area contributed by atoms with Crippen LogP contribution in [0.15, 0.2) is 29.4 Å². The van der Waals surface area contributed by atoms with Crippen LogP contribution in [0.1, 0.15) is 24.0 Å². The molecular weight excluding hydrogens is 256 g/mol. The first-order valence-electron chi connectivity index (χ1n) is 6.64. The second kappa shape index (κ2) is 6.38. The van der Waals surface area contributed by atoms with Gasteiger partial charge in [-0.25, -0.2) is 0 Å². The summed E-state index contributed by atoms with van der Waals surface area (Å²) in [5.74, 6) is 0.312. The molecule has 108 valence electrons. The molecule has 0 radical (unpaired) electrons. The molecule has 1 heterocycles. The van der Waals surface area contributed by atoms with Gasteiger partial charge < -0.3 is 21.2 Å². The summed E-state index contributed by atoms with van der Waals surface area (Å²) in [5.41, 5.74) is 7.33. The minimum Gasteiger partial charge on any atom is -0.409 e. The summed E-state index contributed by atoms with van der Waals surface area (Å²) in [7, 11) is 1.83. The Balaban J connectivity index is 1.93. The van der Waals surface area contributed by atoms with Crippen LogP contribution in [0, 0.1) is 0 Å². The van der Waals surface area contributed by atoms with E-state index in [4.69, 9.17) is 10.9 Å². The second-order valence-electron chi connectivity index (χ2n) is 5.08. The minimum atomic E-state index is 0.106. The third-order valence-corrected chi connectivity index (χ3v) is 3.55. The quantitative estimate of drug-likeness (QED) is 0.323. The molecule has 0 spiro atoms. The summed E-state index contributed by atoms with van der Waals surface area (Å²) in [6.07, 6.45) is 1.46. The first-order chi connectivity index (χ1) is 9.60. The van der Waals surface area contributed by atoms with E-state index in [-0.39, 0.29) is 11.7 Å². The van der Waals surface area contributed by atoms with Gasteiger partial charge in [0, 0.05) is 38.2 Å². The molecule has 2 rings (SSSR count). The fourth-order valence-electron chi connectivity index (χ4n) is 2.34. The van der Waals surface area contributed by atoms with Gasteiger partial charge in [0.2, 0.25) is 5.91 Å². The normalized spacial score (nSPS) is 20.2. The molecule has 6 nitrogen and oxygen atoms in total. The van der Waals surface area contributed by atoms with Crippen molar-refractivity contribution >= 4 is 11.7 Å². The van der Waals surface area contributed by atoms with Gasteiger partial charge in [-0.2, -0.15) is 0 Å². The lowest BCUT2D eigenvalue weighted by Gasteiger charge is -2.30. The Bertz CT molecular complexity index is 516. The number of likely N-dealkylation sites (tertiary alicyclic amines) is 1. The highest BCUT2D eigenvalue weighted by atomic mass is 16.4. The van der Waals surface area contributed by atoms with Crippen molar-refractivity contribution in [3.8, 4) is 0 Å². The highest BCUT2D eigenvalue weighted by Gasteiger charge is 2.22. The van der Waals surface area contributed by atoms with Crippen LogP contribution in [0.25, 0.3) is 0 Å². The molecule has 0 bridgehead atoms. The zero-order valence-corrected chi connectivity index (χ0v) is 11.5. The van der Waals surface area contributed by atoms with E-state index >= 15 is 0 Å². The molecule has 1 atom stereocenters. The Morgan fingerprint density at radius 1 is 1.60 bits per heavy atom. The van der Waals surface area contributed by atoms with Crippen LogP contribution in [0.4, 0.5) is 0 Å². The Hall–Kier alpha value is -2.08. The molecule has 1 saturated heterocycles. The molecule has 1 aliphatic heterocycles. The van der Waals surface area contributed by atoms with E-state index in [1.54, 1.807) is 11.0 Å². The number of nitrogens with zero attached hydrogens (tertiary/aromatic N) is 2. The number of nitrogens with two attached hydrogens (primary N) is 1. The molecule has 1 aromatic carbocycles. The summed E-state index contributed by atoms with van der Waals surface area (Å²) in [5, 5.41) is 15.1. The second-order valence-corrected chi connectivity index (χ2v) is 5.08. The van der Waals surface area contributed by atoms with Crippen LogP contribution < -0.4 is 11.1 Å². The zero-order valence-electron chi connectivity index (χ0n) is 11.5. The SMILES string of the molecule is CN1CC(NCc2cccc(C(N)=NO)c2)CCC1=O. The fraction of sp³-hybridized carbons (Fsp3) is 0.429. The molecule has 0 aromatic heterocycles. The number of benzene rings is 1. The lowest BCUT2D eigenvalue weighted by molar-refractivity contribution is -0.132. The monoisotopic (exact) mass is 276 g/mol. The van der Waals surface area contributed by atoms with Crippen LogP contribution in [0.3, 0.4) is 0 Å². The average molecular weight is 276 g/mol. The smallest absolute Gasteiger partial charge is 0.222 e. The van der Waals surface area contributed by atoms with E-state index in [0.29, 0.717) is 24.6 Å². The Morgan fingerprint density at radius 2 is 2.40 bits per heavy atom. The highest BCUT2D eigenvalue weighted by Crippen LogP contribution is 2.11. The number of nitrogens with one attached hydrogen (secondary N) is 1. The summed E-state index contributed by atoms with van der Waals surface area (Å²) in [6, 6.07) is 7.86. The number of hydrogen-bond acceptors (Lipinski definition) is 4. The molecule has 4 N–H and O–H groups in total. The van der Waals surface area contributed by atoms with Crippen molar-refractivity contribution in [2.75, 3.05) is 13.6 Å². The topological polar surface area (TPSA) is 90.9 Å². The summed E-state index contributed by atoms with van der Waals surface area (Å²) < 4.78 is 0. The van der Waals surface area contributed by atoms with Gasteiger partial charge in [0.15, 0.2) is 5.84 Å². The number of amidine groups is 1. The predicted octanol–water partition coefficient (Wildman–Crippen LogP) is 0.491. The molecule has 1 aromatic rings. The predicted molar refractivity (Wildman–Crippen MR) is 76.5 cm³/mol. The molecule has 1 aliphatic rings. The van der Waals surface area contributed by atoms with Crippen LogP contribution in [0.2, 0.25) is 0 Å². The molecule has 6 heteroatoms. The van der Waals surface area contributed by atoms with Gasteiger partial charge in [-0.15, -0.1) is 0 Å². The number of rotatable bonds is 4. The first-order valence-corrected chi connectivity index (χ1v) is 6.64. The van der Waals surface area contributed by atoms with Gasteiger partial charge in [-0.05, 0) is 18.1 Å². The average Bonchev–Trinajstić information content (AvgIpc) is 2.48. The van der Waals surface area contributed by atoms with Crippen molar-refractivity contribution in [1.29, 1.82) is 0 Å². The van der Waals surface area contributed by atoms with E-state index in [1.165, 1.54) is 0 Å². The van der Waals surface area contributed by atoms with Crippen molar-refractivity contribution in [1.82, 2.24) is 10.2 Å². The molecule has 20 heavy (non-hydrogen) atoms. The van der Waals surface area contributed by atoms with Crippen molar-refractivity contribution in [3.05, 3.63) is 35.4 Å². The fourth-order valence-corrected chi connectivity index (χ4v) is 2.34. The molecule has 0 aliphatic carbocycles. The zero-order chi connectivity index (χ0) is 14.5. The molecule has 0 saturated carbocycles. The van der Waals surface area contributed by atoms with Crippen molar-refractivity contribution in [2.24, 2.45) is 10.9 Å². The number of carbonyl (C=O) groups excluding carboxylic acids is 1. The van der Waals surface area contributed by atoms with Gasteiger partial charge in [0.05, 0.1) is 0 Å². The van der Waals surface area contributed by atoms with Crippen molar-refractivity contribution in [3.63, 3.8) is 0 Å². The Morgan fingerprint density at radius 3 is 3.10 bits per heavy atom. The standard InChI is InChI=1S/C14H20N4O2/c1-18-9-12(5-6-13(18)19)16-8-10-3-2-4-11(7-10)14(15)17-20/h2-4,7,12,16,20H,5-6,8-9H2,1H3,(H2,15,17). The number of amides is 1. The Labute approximate surface area is 118 Å². The maximum Gasteiger partial charge on any atom is 0.222 e. The van der Waals surface area contributed by atoms with Gasteiger partial charge >= 0.3 is 0 Å². The molecule has 1 amide bonds. The van der Waals surface area contributed by atoms with Crippen LogP contribution in [-0.2, 0) is 11.3 Å². The first kappa shape index (κ1) is 14.3. The van der Waals surface area contributed by atoms with E-state index in [1.807, 2.05) is 25.2 Å². The molecular formula is C14H20N4O2. The van der Waals surface area contributed by atoms with Gasteiger partial charge in [-0.1, -0.05) is 23.4 Å². The van der Waals surface area contributed by atoms with E-state index in [9.17, 15) is 4.79 Å². The van der Waals surface area contributed by atoms with Crippen LogP contribution in [0.5, 0.6) is 0 Å².